The van der Waals surface area contributed by atoms with E-state index in [0.717, 1.165) is 22.4 Å². The van der Waals surface area contributed by atoms with E-state index in [1.807, 2.05) is 30.3 Å². The minimum absolute atomic E-state index is 0.0376. The van der Waals surface area contributed by atoms with Crippen molar-refractivity contribution < 1.29 is 42.4 Å². The molecule has 11 nitrogen and oxygen atoms in total. The van der Waals surface area contributed by atoms with Crippen LogP contribution in [0.5, 0.6) is 5.75 Å². The van der Waals surface area contributed by atoms with Crippen LogP contribution in [-0.2, 0) is 23.1 Å². The van der Waals surface area contributed by atoms with Crippen LogP contribution in [0, 0.1) is 0 Å². The van der Waals surface area contributed by atoms with E-state index in [9.17, 15) is 18.0 Å². The Bertz CT molecular complexity index is 1700. The van der Waals surface area contributed by atoms with Gasteiger partial charge in [0.05, 0.1) is 54.3 Å². The van der Waals surface area contributed by atoms with Crippen molar-refractivity contribution in [3.05, 3.63) is 77.9 Å². The summed E-state index contributed by atoms with van der Waals surface area (Å²) in [6, 6.07) is 19.0. The van der Waals surface area contributed by atoms with E-state index in [4.69, 9.17) is 19.7 Å². The number of anilines is 2. The summed E-state index contributed by atoms with van der Waals surface area (Å²) in [6.45, 7) is 2.20. The summed E-state index contributed by atoms with van der Waals surface area (Å²) in [5.41, 5.74) is 3.49. The molecule has 15 heteroatoms. The van der Waals surface area contributed by atoms with Gasteiger partial charge in [0, 0.05) is 31.8 Å². The van der Waals surface area contributed by atoms with Crippen LogP contribution >= 0.6 is 11.3 Å². The first-order valence-corrected chi connectivity index (χ1v) is 15.1. The Hall–Kier alpha value is -4.28. The van der Waals surface area contributed by atoms with Crippen LogP contribution in [0.3, 0.4) is 0 Å². The molecule has 5 aromatic rings. The maximum atomic E-state index is 12.5. The highest BCUT2D eigenvalue weighted by molar-refractivity contribution is 7.22. The van der Waals surface area contributed by atoms with E-state index in [-0.39, 0.29) is 31.5 Å². The first-order valence-electron chi connectivity index (χ1n) is 14.3. The fourth-order valence-corrected chi connectivity index (χ4v) is 5.07. The number of fused-ring (bicyclic) bond motifs is 2. The highest BCUT2D eigenvalue weighted by Crippen LogP contribution is 2.33. The van der Waals surface area contributed by atoms with Crippen LogP contribution in [0.4, 0.5) is 24.3 Å². The molecule has 0 spiro atoms. The van der Waals surface area contributed by atoms with E-state index in [1.54, 1.807) is 29.8 Å². The molecule has 0 atom stereocenters. The van der Waals surface area contributed by atoms with Crippen LogP contribution in [-0.4, -0.2) is 76.6 Å². The molecule has 1 amide bonds. The molecule has 0 aliphatic heterocycles. The van der Waals surface area contributed by atoms with Gasteiger partial charge in [-0.15, -0.1) is 13.2 Å². The summed E-state index contributed by atoms with van der Waals surface area (Å²) in [5.74, 6) is -0.0897. The Labute approximate surface area is 266 Å². The smallest absolute Gasteiger partial charge is 0.406 e. The van der Waals surface area contributed by atoms with Gasteiger partial charge in [0.2, 0.25) is 5.95 Å². The number of nitrogens with one attached hydrogen (secondary N) is 2. The lowest BCUT2D eigenvalue weighted by molar-refractivity contribution is -0.274. The lowest BCUT2D eigenvalue weighted by Crippen LogP contribution is -2.25. The van der Waals surface area contributed by atoms with Gasteiger partial charge >= 0.3 is 6.36 Å². The van der Waals surface area contributed by atoms with Crippen LogP contribution in [0.2, 0.25) is 0 Å². The second kappa shape index (κ2) is 16.9. The number of benzene rings is 3. The zero-order valence-corrected chi connectivity index (χ0v) is 25.7. The fraction of sp³-hybridized carbons (Fsp3) is 0.323. The third-order valence-corrected chi connectivity index (χ3v) is 7.22. The van der Waals surface area contributed by atoms with Gasteiger partial charge < -0.3 is 39.6 Å². The zero-order valence-electron chi connectivity index (χ0n) is 24.9. The summed E-state index contributed by atoms with van der Waals surface area (Å²) < 4.78 is 54.0. The quantitative estimate of drug-likeness (QED) is 0.119. The SMILES string of the molecule is Cn1c(Nc2nc3ccc(OC(F)(F)F)cc3s2)nc2cc(C(=O)NCCCOCCO)ccc21.OCCOCc1ccccc1. The van der Waals surface area contributed by atoms with Crippen molar-refractivity contribution >= 4 is 49.6 Å². The lowest BCUT2D eigenvalue weighted by atomic mass is 10.2. The largest absolute Gasteiger partial charge is 0.573 e. The molecule has 2 heterocycles. The van der Waals surface area contributed by atoms with Gasteiger partial charge in [-0.2, -0.15) is 0 Å². The molecule has 0 bridgehead atoms. The minimum Gasteiger partial charge on any atom is -0.406 e. The van der Waals surface area contributed by atoms with Gasteiger partial charge in [-0.3, -0.25) is 4.79 Å². The van der Waals surface area contributed by atoms with E-state index in [1.165, 1.54) is 18.2 Å². The van der Waals surface area contributed by atoms with Gasteiger partial charge in [-0.1, -0.05) is 41.7 Å². The Morgan fingerprint density at radius 3 is 2.43 bits per heavy atom. The molecule has 4 N–H and O–H groups in total. The number of aromatic nitrogens is 3. The van der Waals surface area contributed by atoms with E-state index >= 15 is 0 Å². The third-order valence-electron chi connectivity index (χ3n) is 6.29. The van der Waals surface area contributed by atoms with Crippen LogP contribution < -0.4 is 15.4 Å². The maximum Gasteiger partial charge on any atom is 0.573 e. The lowest BCUT2D eigenvalue weighted by Gasteiger charge is -2.07. The second-order valence-corrected chi connectivity index (χ2v) is 10.8. The van der Waals surface area contributed by atoms with Crippen molar-refractivity contribution in [2.24, 2.45) is 7.05 Å². The monoisotopic (exact) mass is 661 g/mol. The Balaban J connectivity index is 0.000000369. The van der Waals surface area contributed by atoms with Crippen LogP contribution in [0.15, 0.2) is 66.7 Å². The van der Waals surface area contributed by atoms with Crippen LogP contribution in [0.25, 0.3) is 21.3 Å². The van der Waals surface area contributed by atoms with Gasteiger partial charge in [-0.05, 0) is 42.3 Å². The molecule has 246 valence electrons. The molecule has 3 aromatic carbocycles. The van der Waals surface area contributed by atoms with E-state index in [2.05, 4.69) is 25.3 Å². The number of rotatable bonds is 14. The molecule has 0 fully saturated rings. The zero-order chi connectivity index (χ0) is 32.9. The molecule has 0 aliphatic rings. The molecule has 0 saturated heterocycles. The third kappa shape index (κ3) is 10.4. The first-order chi connectivity index (χ1) is 22.2. The fourth-order valence-electron chi connectivity index (χ4n) is 4.18. The van der Waals surface area contributed by atoms with Gasteiger partial charge in [0.25, 0.3) is 5.91 Å². The summed E-state index contributed by atoms with van der Waals surface area (Å²) in [6.07, 6.45) is -4.14. The number of thiazole rings is 1. The van der Waals surface area contributed by atoms with Crippen molar-refractivity contribution in [2.75, 3.05) is 44.9 Å². The second-order valence-electron chi connectivity index (χ2n) is 9.73. The number of hydrogen-bond donors (Lipinski definition) is 4. The molecule has 0 saturated carbocycles. The number of alkyl halides is 3. The standard InChI is InChI=1S/C22H22F3N5O4S.C9H12O2/c1-30-17-6-3-13(19(32)26-7-2-9-33-10-8-31)11-16(17)27-20(30)29-21-28-15-5-4-14(12-18(15)35-21)34-22(23,24)25;10-6-7-11-8-9-4-2-1-3-5-9/h3-6,11-12,31H,2,7-10H2,1H3,(H,26,32)(H,27,28,29);1-5,10H,6-8H2. The summed E-state index contributed by atoms with van der Waals surface area (Å²) in [7, 11) is 1.80. The number of aliphatic hydroxyl groups excluding tert-OH is 2. The summed E-state index contributed by atoms with van der Waals surface area (Å²) >= 11 is 1.16. The van der Waals surface area contributed by atoms with Crippen molar-refractivity contribution in [3.8, 4) is 5.75 Å². The molecule has 0 radical (unpaired) electrons. The average molecular weight is 662 g/mol. The molecular weight excluding hydrogens is 627 g/mol. The van der Waals surface area contributed by atoms with Crippen LogP contribution in [0.1, 0.15) is 22.3 Å². The normalized spacial score (nSPS) is 11.3. The van der Waals surface area contributed by atoms with Gasteiger partial charge in [-0.25, -0.2) is 9.97 Å². The van der Waals surface area contributed by atoms with Crippen molar-refractivity contribution in [1.29, 1.82) is 0 Å². The minimum atomic E-state index is -4.77. The molecule has 2 aromatic heterocycles. The maximum absolute atomic E-state index is 12.5. The number of nitrogens with zero attached hydrogens (tertiary/aromatic N) is 3. The topological polar surface area (TPSA) is 140 Å². The molecule has 0 unspecified atom stereocenters. The number of aryl methyl sites for hydroxylation is 1. The number of carbonyl (C=O) groups excluding carboxylic acids is 1. The average Bonchev–Trinajstić information content (AvgIpc) is 3.57. The molecular formula is C31H34F3N5O6S. The van der Waals surface area contributed by atoms with Gasteiger partial charge in [0.15, 0.2) is 5.13 Å². The molecule has 0 aliphatic carbocycles. The highest BCUT2D eigenvalue weighted by atomic mass is 32.1. The first kappa shape index (κ1) is 34.6. The summed E-state index contributed by atoms with van der Waals surface area (Å²) in [5, 5.41) is 23.5. The van der Waals surface area contributed by atoms with E-state index in [0.29, 0.717) is 65.2 Å². The number of carbonyl (C=O) groups is 1. The van der Waals surface area contributed by atoms with E-state index < -0.39 is 6.36 Å². The predicted molar refractivity (Wildman–Crippen MR) is 168 cm³/mol. The Morgan fingerprint density at radius 2 is 1.70 bits per heavy atom. The van der Waals surface area contributed by atoms with Gasteiger partial charge in [0.1, 0.15) is 5.75 Å². The van der Waals surface area contributed by atoms with Crippen molar-refractivity contribution in [3.63, 3.8) is 0 Å². The Morgan fingerprint density at radius 1 is 0.935 bits per heavy atom. The number of ether oxygens (including phenoxy) is 3. The summed E-state index contributed by atoms with van der Waals surface area (Å²) in [4.78, 5) is 21.4. The number of amides is 1. The number of aliphatic hydroxyl groups is 2. The number of hydrogen-bond acceptors (Lipinski definition) is 10. The number of halogens is 3. The highest BCUT2D eigenvalue weighted by Gasteiger charge is 2.31. The number of imidazole rings is 1. The molecule has 5 rings (SSSR count). The Kier molecular flexibility index (Phi) is 12.7. The predicted octanol–water partition coefficient (Wildman–Crippen LogP) is 5.15. The molecule has 46 heavy (non-hydrogen) atoms. The van der Waals surface area contributed by atoms with Crippen molar-refractivity contribution in [2.45, 2.75) is 19.4 Å². The van der Waals surface area contributed by atoms with Crippen molar-refractivity contribution in [1.82, 2.24) is 19.9 Å².